The summed E-state index contributed by atoms with van der Waals surface area (Å²) in [6.07, 6.45) is 0.320. The van der Waals surface area contributed by atoms with E-state index in [1.54, 1.807) is 6.92 Å². The van der Waals surface area contributed by atoms with Gasteiger partial charge < -0.3 is 10.0 Å². The third-order valence-corrected chi connectivity index (χ3v) is 4.05. The predicted octanol–water partition coefficient (Wildman–Crippen LogP) is 2.18. The third kappa shape index (κ3) is 2.69. The fourth-order valence-corrected chi connectivity index (χ4v) is 2.83. The zero-order valence-corrected chi connectivity index (χ0v) is 11.9. The minimum absolute atomic E-state index is 0.0137. The molecule has 2 atom stereocenters. The van der Waals surface area contributed by atoms with Gasteiger partial charge in [0, 0.05) is 18.7 Å². The highest BCUT2D eigenvalue weighted by molar-refractivity contribution is 6.34. The van der Waals surface area contributed by atoms with Gasteiger partial charge in [-0.3, -0.25) is 19.7 Å². The highest BCUT2D eigenvalue weighted by atomic mass is 35.5. The molecular weight excluding hydrogens is 300 g/mol. The van der Waals surface area contributed by atoms with Crippen LogP contribution in [0.2, 0.25) is 5.02 Å². The van der Waals surface area contributed by atoms with Crippen molar-refractivity contribution in [1.29, 1.82) is 0 Å². The number of nitrogens with zero attached hydrogens (tertiary/aromatic N) is 2. The maximum Gasteiger partial charge on any atom is 0.308 e. The van der Waals surface area contributed by atoms with Gasteiger partial charge in [-0.1, -0.05) is 17.7 Å². The van der Waals surface area contributed by atoms with Gasteiger partial charge in [-0.25, -0.2) is 0 Å². The Balaban J connectivity index is 2.38. The number of halogens is 1. The van der Waals surface area contributed by atoms with Crippen LogP contribution in [0.15, 0.2) is 18.2 Å². The number of aliphatic carboxylic acids is 1. The van der Waals surface area contributed by atoms with E-state index in [4.69, 9.17) is 16.7 Å². The van der Waals surface area contributed by atoms with Crippen LogP contribution < -0.4 is 0 Å². The van der Waals surface area contributed by atoms with Crippen LogP contribution in [0.4, 0.5) is 5.69 Å². The van der Waals surface area contributed by atoms with E-state index in [2.05, 4.69) is 0 Å². The van der Waals surface area contributed by atoms with Crippen molar-refractivity contribution in [3.05, 3.63) is 38.9 Å². The van der Waals surface area contributed by atoms with Crippen molar-refractivity contribution < 1.29 is 19.6 Å². The number of likely N-dealkylation sites (tertiary alicyclic amines) is 1. The number of hydrogen-bond donors (Lipinski definition) is 1. The quantitative estimate of drug-likeness (QED) is 0.681. The standard InChI is InChI=1S/C13H13ClN2O5/c1-7-8(13(18)19)5-6-15(7)12(17)11-9(14)3-2-4-10(11)16(20)21/h2-4,7-8H,5-6H2,1H3,(H,18,19). The molecule has 21 heavy (non-hydrogen) atoms. The molecule has 0 bridgehead atoms. The number of carboxylic acids is 1. The van der Waals surface area contributed by atoms with Gasteiger partial charge in [-0.05, 0) is 19.4 Å². The molecule has 0 aromatic heterocycles. The molecule has 1 saturated heterocycles. The van der Waals surface area contributed by atoms with Crippen molar-refractivity contribution in [3.8, 4) is 0 Å². The van der Waals surface area contributed by atoms with Gasteiger partial charge in [0.05, 0.1) is 15.9 Å². The number of nitro groups is 1. The van der Waals surface area contributed by atoms with Gasteiger partial charge in [-0.2, -0.15) is 0 Å². The number of rotatable bonds is 3. The molecule has 1 aromatic rings. The number of benzene rings is 1. The molecule has 8 heteroatoms. The topological polar surface area (TPSA) is 101 Å². The summed E-state index contributed by atoms with van der Waals surface area (Å²) in [6.45, 7) is 1.85. The molecule has 0 saturated carbocycles. The Morgan fingerprint density at radius 1 is 1.48 bits per heavy atom. The van der Waals surface area contributed by atoms with Crippen LogP contribution in [-0.4, -0.2) is 39.4 Å². The SMILES string of the molecule is CC1C(C(=O)O)CCN1C(=O)c1c(Cl)cccc1[N+](=O)[O-]. The Labute approximate surface area is 125 Å². The van der Waals surface area contributed by atoms with Crippen LogP contribution in [0, 0.1) is 16.0 Å². The average molecular weight is 313 g/mol. The van der Waals surface area contributed by atoms with E-state index in [1.165, 1.54) is 23.1 Å². The third-order valence-electron chi connectivity index (χ3n) is 3.74. The van der Waals surface area contributed by atoms with Gasteiger partial charge >= 0.3 is 5.97 Å². The molecule has 1 heterocycles. The molecule has 2 rings (SSSR count). The number of hydrogen-bond acceptors (Lipinski definition) is 4. The summed E-state index contributed by atoms with van der Waals surface area (Å²) >= 11 is 5.93. The minimum atomic E-state index is -0.980. The lowest BCUT2D eigenvalue weighted by Crippen LogP contribution is -2.38. The van der Waals surface area contributed by atoms with Gasteiger partial charge in [0.15, 0.2) is 0 Å². The maximum absolute atomic E-state index is 12.5. The second kappa shape index (κ2) is 5.69. The second-order valence-corrected chi connectivity index (χ2v) is 5.27. The van der Waals surface area contributed by atoms with Gasteiger partial charge in [0.25, 0.3) is 11.6 Å². The molecular formula is C13H13ClN2O5. The number of carbonyl (C=O) groups excluding carboxylic acids is 1. The summed E-state index contributed by atoms with van der Waals surface area (Å²) < 4.78 is 0. The van der Waals surface area contributed by atoms with Crippen molar-refractivity contribution in [2.75, 3.05) is 6.54 Å². The molecule has 1 amide bonds. The molecule has 1 fully saturated rings. The summed E-state index contributed by atoms with van der Waals surface area (Å²) in [5.74, 6) is -2.26. The van der Waals surface area contributed by atoms with Crippen LogP contribution >= 0.6 is 11.6 Å². The first-order chi connectivity index (χ1) is 9.84. The van der Waals surface area contributed by atoms with Crippen LogP contribution in [0.3, 0.4) is 0 Å². The smallest absolute Gasteiger partial charge is 0.308 e. The lowest BCUT2D eigenvalue weighted by molar-refractivity contribution is -0.385. The lowest BCUT2D eigenvalue weighted by atomic mass is 10.0. The largest absolute Gasteiger partial charge is 0.481 e. The lowest BCUT2D eigenvalue weighted by Gasteiger charge is -2.23. The highest BCUT2D eigenvalue weighted by Gasteiger charge is 2.40. The minimum Gasteiger partial charge on any atom is -0.481 e. The van der Waals surface area contributed by atoms with Crippen LogP contribution in [0.1, 0.15) is 23.7 Å². The molecule has 0 aliphatic carbocycles. The van der Waals surface area contributed by atoms with E-state index in [0.29, 0.717) is 6.42 Å². The maximum atomic E-state index is 12.5. The molecule has 2 unspecified atom stereocenters. The molecule has 112 valence electrons. The van der Waals surface area contributed by atoms with Crippen LogP contribution in [0.25, 0.3) is 0 Å². The van der Waals surface area contributed by atoms with E-state index in [9.17, 15) is 19.7 Å². The molecule has 1 aliphatic rings. The average Bonchev–Trinajstić information content (AvgIpc) is 2.79. The summed E-state index contributed by atoms with van der Waals surface area (Å²) in [4.78, 5) is 35.3. The van der Waals surface area contributed by atoms with Gasteiger partial charge in [-0.15, -0.1) is 0 Å². The van der Waals surface area contributed by atoms with E-state index >= 15 is 0 Å². The monoisotopic (exact) mass is 312 g/mol. The number of nitro benzene ring substituents is 1. The van der Waals surface area contributed by atoms with Crippen molar-refractivity contribution in [2.24, 2.45) is 5.92 Å². The first-order valence-corrected chi connectivity index (χ1v) is 6.69. The Morgan fingerprint density at radius 2 is 2.14 bits per heavy atom. The summed E-state index contributed by atoms with van der Waals surface area (Å²) in [7, 11) is 0. The van der Waals surface area contributed by atoms with Crippen molar-refractivity contribution >= 4 is 29.2 Å². The molecule has 1 aromatic carbocycles. The van der Waals surface area contributed by atoms with E-state index in [-0.39, 0.29) is 22.8 Å². The molecule has 1 aliphatic heterocycles. The van der Waals surface area contributed by atoms with Gasteiger partial charge in [0.2, 0.25) is 0 Å². The molecule has 0 radical (unpaired) electrons. The summed E-state index contributed by atoms with van der Waals surface area (Å²) in [5, 5.41) is 20.1. The Bertz CT molecular complexity index is 619. The van der Waals surface area contributed by atoms with E-state index in [0.717, 1.165) is 0 Å². The number of carboxylic acid groups (broad SMARTS) is 1. The number of amides is 1. The molecule has 7 nitrogen and oxygen atoms in total. The zero-order chi connectivity index (χ0) is 15.7. The van der Waals surface area contributed by atoms with E-state index in [1.807, 2.05) is 0 Å². The first-order valence-electron chi connectivity index (χ1n) is 6.31. The second-order valence-electron chi connectivity index (χ2n) is 4.86. The predicted molar refractivity (Wildman–Crippen MR) is 74.3 cm³/mol. The van der Waals surface area contributed by atoms with E-state index < -0.39 is 28.8 Å². The van der Waals surface area contributed by atoms with Crippen LogP contribution in [0.5, 0.6) is 0 Å². The van der Waals surface area contributed by atoms with Crippen molar-refractivity contribution in [1.82, 2.24) is 4.90 Å². The Kier molecular flexibility index (Phi) is 4.13. The summed E-state index contributed by atoms with van der Waals surface area (Å²) in [6, 6.07) is 3.46. The number of carbonyl (C=O) groups is 2. The van der Waals surface area contributed by atoms with Crippen molar-refractivity contribution in [3.63, 3.8) is 0 Å². The fourth-order valence-electron chi connectivity index (χ4n) is 2.58. The fraction of sp³-hybridized carbons (Fsp3) is 0.385. The first kappa shape index (κ1) is 15.2. The summed E-state index contributed by atoms with van der Waals surface area (Å²) in [5.41, 5.74) is -0.569. The van der Waals surface area contributed by atoms with Gasteiger partial charge in [0.1, 0.15) is 5.56 Å². The normalized spacial score (nSPS) is 21.3. The zero-order valence-electron chi connectivity index (χ0n) is 11.2. The Morgan fingerprint density at radius 3 is 2.67 bits per heavy atom. The Hall–Kier alpha value is -2.15. The van der Waals surface area contributed by atoms with Crippen LogP contribution in [-0.2, 0) is 4.79 Å². The highest BCUT2D eigenvalue weighted by Crippen LogP contribution is 2.32. The van der Waals surface area contributed by atoms with Crippen molar-refractivity contribution in [2.45, 2.75) is 19.4 Å². The molecule has 1 N–H and O–H groups in total. The molecule has 0 spiro atoms.